The Balaban J connectivity index is 1.68. The quantitative estimate of drug-likeness (QED) is 0.836. The van der Waals surface area contributed by atoms with Crippen molar-refractivity contribution in [3.05, 3.63) is 29.3 Å². The summed E-state index contributed by atoms with van der Waals surface area (Å²) in [6.07, 6.45) is 2.80. The average molecular weight is 330 g/mol. The van der Waals surface area contributed by atoms with Crippen LogP contribution in [0.3, 0.4) is 0 Å². The highest BCUT2D eigenvalue weighted by Crippen LogP contribution is 2.26. The van der Waals surface area contributed by atoms with Gasteiger partial charge in [-0.15, -0.1) is 0 Å². The first kappa shape index (κ1) is 16.8. The molecule has 2 amide bonds. The van der Waals surface area contributed by atoms with Gasteiger partial charge in [0.05, 0.1) is 6.61 Å². The fourth-order valence-corrected chi connectivity index (χ4v) is 3.38. The van der Waals surface area contributed by atoms with Crippen LogP contribution in [0.5, 0.6) is 5.75 Å². The molecule has 1 aromatic rings. The number of aryl methyl sites for hydroxylation is 1. The minimum Gasteiger partial charge on any atom is -0.493 e. The molecule has 5 nitrogen and oxygen atoms in total. The lowest BCUT2D eigenvalue weighted by Crippen LogP contribution is -2.39. The molecule has 0 radical (unpaired) electrons. The van der Waals surface area contributed by atoms with Crippen molar-refractivity contribution in [3.8, 4) is 5.75 Å². The van der Waals surface area contributed by atoms with Crippen LogP contribution in [0.4, 0.5) is 0 Å². The molecular weight excluding hydrogens is 304 g/mol. The van der Waals surface area contributed by atoms with E-state index in [4.69, 9.17) is 4.74 Å². The van der Waals surface area contributed by atoms with E-state index >= 15 is 0 Å². The van der Waals surface area contributed by atoms with E-state index in [1.807, 2.05) is 41.8 Å². The molecule has 2 aliphatic rings. The third-order valence-electron chi connectivity index (χ3n) is 4.74. The van der Waals surface area contributed by atoms with Crippen molar-refractivity contribution in [2.75, 3.05) is 32.8 Å². The van der Waals surface area contributed by atoms with Crippen molar-refractivity contribution in [1.29, 1.82) is 0 Å². The summed E-state index contributed by atoms with van der Waals surface area (Å²) >= 11 is 0. The maximum atomic E-state index is 12.8. The Bertz CT molecular complexity index is 627. The zero-order valence-corrected chi connectivity index (χ0v) is 14.6. The monoisotopic (exact) mass is 330 g/mol. The van der Waals surface area contributed by atoms with Crippen LogP contribution in [0.2, 0.25) is 0 Å². The number of fused-ring (bicyclic) bond motifs is 1. The normalized spacial score (nSPS) is 18.0. The van der Waals surface area contributed by atoms with Crippen LogP contribution >= 0.6 is 0 Å². The summed E-state index contributed by atoms with van der Waals surface area (Å²) in [5, 5.41) is 0. The van der Waals surface area contributed by atoms with Crippen LogP contribution < -0.4 is 4.74 Å². The standard InChI is InChI=1S/C19H26N2O3/c1-14(2)18(22)20-8-4-9-21(11-10-20)19(23)16-6-7-17-15(13-16)5-3-12-24-17/h6-7,13-14H,3-5,8-12H2,1-2H3. The van der Waals surface area contributed by atoms with Gasteiger partial charge in [-0.1, -0.05) is 13.8 Å². The van der Waals surface area contributed by atoms with E-state index in [2.05, 4.69) is 0 Å². The third kappa shape index (κ3) is 3.55. The summed E-state index contributed by atoms with van der Waals surface area (Å²) in [4.78, 5) is 28.8. The van der Waals surface area contributed by atoms with Crippen LogP contribution in [0.1, 0.15) is 42.6 Å². The molecule has 0 aromatic heterocycles. The number of amides is 2. The minimum absolute atomic E-state index is 0.00731. The van der Waals surface area contributed by atoms with E-state index in [9.17, 15) is 9.59 Å². The Morgan fingerprint density at radius 3 is 2.58 bits per heavy atom. The Morgan fingerprint density at radius 1 is 1.04 bits per heavy atom. The molecule has 0 saturated carbocycles. The molecule has 0 N–H and O–H groups in total. The highest BCUT2D eigenvalue weighted by Gasteiger charge is 2.24. The molecule has 0 atom stereocenters. The number of nitrogens with zero attached hydrogens (tertiary/aromatic N) is 2. The first-order chi connectivity index (χ1) is 11.6. The Morgan fingerprint density at radius 2 is 1.79 bits per heavy atom. The van der Waals surface area contributed by atoms with Gasteiger partial charge >= 0.3 is 0 Å². The average Bonchev–Trinajstić information content (AvgIpc) is 2.86. The van der Waals surface area contributed by atoms with E-state index in [0.29, 0.717) is 19.6 Å². The maximum Gasteiger partial charge on any atom is 0.253 e. The van der Waals surface area contributed by atoms with Gasteiger partial charge in [0, 0.05) is 37.7 Å². The van der Waals surface area contributed by atoms with Crippen LogP contribution in [0.25, 0.3) is 0 Å². The molecular formula is C19H26N2O3. The first-order valence-electron chi connectivity index (χ1n) is 8.90. The lowest BCUT2D eigenvalue weighted by atomic mass is 10.0. The number of carbonyl (C=O) groups is 2. The second-order valence-electron chi connectivity index (χ2n) is 6.90. The molecule has 5 heteroatoms. The molecule has 130 valence electrons. The molecule has 2 heterocycles. The second-order valence-corrected chi connectivity index (χ2v) is 6.90. The van der Waals surface area contributed by atoms with E-state index in [-0.39, 0.29) is 17.7 Å². The van der Waals surface area contributed by atoms with Gasteiger partial charge in [-0.3, -0.25) is 9.59 Å². The molecule has 0 unspecified atom stereocenters. The number of carbonyl (C=O) groups excluding carboxylic acids is 2. The van der Waals surface area contributed by atoms with Crippen molar-refractivity contribution in [2.24, 2.45) is 5.92 Å². The maximum absolute atomic E-state index is 12.8. The van der Waals surface area contributed by atoms with Gasteiger partial charge in [0.1, 0.15) is 5.75 Å². The summed E-state index contributed by atoms with van der Waals surface area (Å²) < 4.78 is 5.62. The summed E-state index contributed by atoms with van der Waals surface area (Å²) in [5.41, 5.74) is 1.85. The zero-order chi connectivity index (χ0) is 17.1. The van der Waals surface area contributed by atoms with Crippen molar-refractivity contribution in [3.63, 3.8) is 0 Å². The Labute approximate surface area is 143 Å². The smallest absolute Gasteiger partial charge is 0.253 e. The number of hydrogen-bond acceptors (Lipinski definition) is 3. The number of rotatable bonds is 2. The van der Waals surface area contributed by atoms with Crippen LogP contribution in [0.15, 0.2) is 18.2 Å². The highest BCUT2D eigenvalue weighted by molar-refractivity contribution is 5.94. The van der Waals surface area contributed by atoms with E-state index in [1.165, 1.54) is 0 Å². The molecule has 24 heavy (non-hydrogen) atoms. The van der Waals surface area contributed by atoms with Crippen molar-refractivity contribution in [1.82, 2.24) is 9.80 Å². The Hall–Kier alpha value is -2.04. The van der Waals surface area contributed by atoms with Crippen molar-refractivity contribution in [2.45, 2.75) is 33.1 Å². The molecule has 2 aliphatic heterocycles. The summed E-state index contributed by atoms with van der Waals surface area (Å²) in [6, 6.07) is 5.74. The van der Waals surface area contributed by atoms with Crippen LogP contribution in [-0.4, -0.2) is 54.4 Å². The second kappa shape index (κ2) is 7.24. The Kier molecular flexibility index (Phi) is 5.07. The molecule has 0 spiro atoms. The summed E-state index contributed by atoms with van der Waals surface area (Å²) in [6.45, 7) is 7.26. The minimum atomic E-state index is 0.00731. The lowest BCUT2D eigenvalue weighted by Gasteiger charge is -2.24. The van der Waals surface area contributed by atoms with Crippen LogP contribution in [0, 0.1) is 5.92 Å². The molecule has 1 saturated heterocycles. The van der Waals surface area contributed by atoms with Gasteiger partial charge in [-0.05, 0) is 43.0 Å². The van der Waals surface area contributed by atoms with Gasteiger partial charge in [0.25, 0.3) is 5.91 Å². The van der Waals surface area contributed by atoms with Gasteiger partial charge in [-0.25, -0.2) is 0 Å². The van der Waals surface area contributed by atoms with E-state index in [0.717, 1.165) is 49.3 Å². The number of benzene rings is 1. The van der Waals surface area contributed by atoms with Gasteiger partial charge in [0.2, 0.25) is 5.91 Å². The largest absolute Gasteiger partial charge is 0.493 e. The number of hydrogen-bond donors (Lipinski definition) is 0. The molecule has 0 bridgehead atoms. The van der Waals surface area contributed by atoms with E-state index < -0.39 is 0 Å². The summed E-state index contributed by atoms with van der Waals surface area (Å²) in [5.74, 6) is 1.15. The fraction of sp³-hybridized carbons (Fsp3) is 0.579. The summed E-state index contributed by atoms with van der Waals surface area (Å²) in [7, 11) is 0. The van der Waals surface area contributed by atoms with Crippen molar-refractivity contribution < 1.29 is 14.3 Å². The lowest BCUT2D eigenvalue weighted by molar-refractivity contribution is -0.134. The van der Waals surface area contributed by atoms with Gasteiger partial charge < -0.3 is 14.5 Å². The van der Waals surface area contributed by atoms with Gasteiger partial charge in [0.15, 0.2) is 0 Å². The molecule has 3 rings (SSSR count). The molecule has 0 aliphatic carbocycles. The fourth-order valence-electron chi connectivity index (χ4n) is 3.38. The SMILES string of the molecule is CC(C)C(=O)N1CCCN(C(=O)c2ccc3c(c2)CCCO3)CC1. The molecule has 1 aromatic carbocycles. The van der Waals surface area contributed by atoms with Gasteiger partial charge in [-0.2, -0.15) is 0 Å². The number of ether oxygens (including phenoxy) is 1. The predicted molar refractivity (Wildman–Crippen MR) is 92.2 cm³/mol. The first-order valence-corrected chi connectivity index (χ1v) is 8.90. The van der Waals surface area contributed by atoms with Crippen LogP contribution in [-0.2, 0) is 11.2 Å². The van der Waals surface area contributed by atoms with Crippen molar-refractivity contribution >= 4 is 11.8 Å². The molecule has 1 fully saturated rings. The zero-order valence-electron chi connectivity index (χ0n) is 14.6. The van der Waals surface area contributed by atoms with E-state index in [1.54, 1.807) is 0 Å². The highest BCUT2D eigenvalue weighted by atomic mass is 16.5. The third-order valence-corrected chi connectivity index (χ3v) is 4.74. The topological polar surface area (TPSA) is 49.9 Å². The predicted octanol–water partition coefficient (Wildman–Crippen LogP) is 2.34.